The van der Waals surface area contributed by atoms with Crippen LogP contribution in [-0.4, -0.2) is 9.78 Å². The van der Waals surface area contributed by atoms with Gasteiger partial charge in [-0.15, -0.1) is 6.07 Å². The first-order valence-electron chi connectivity index (χ1n) is 6.41. The first-order valence-corrected chi connectivity index (χ1v) is 6.41. The van der Waals surface area contributed by atoms with Crippen LogP contribution in [-0.2, 0) is 21.1 Å². The number of hydrogen-bond acceptors (Lipinski definition) is 1. The molecule has 0 fully saturated rings. The van der Waals surface area contributed by atoms with E-state index in [0.29, 0.717) is 5.92 Å². The summed E-state index contributed by atoms with van der Waals surface area (Å²) in [6.07, 6.45) is 4.00. The Morgan fingerprint density at radius 3 is 2.45 bits per heavy atom. The maximum atomic E-state index is 4.42. The second-order valence-electron chi connectivity index (χ2n) is 4.60. The molecule has 3 aromatic rings. The summed E-state index contributed by atoms with van der Waals surface area (Å²) < 4.78 is 1.87. The van der Waals surface area contributed by atoms with Crippen molar-refractivity contribution in [1.29, 1.82) is 0 Å². The smallest absolute Gasteiger partial charge is 0.0531 e. The fraction of sp³-hybridized carbons (Fsp3) is 0.118. The molecule has 1 atom stereocenters. The quantitative estimate of drug-likeness (QED) is 0.564. The normalized spacial score (nSPS) is 11.7. The van der Waals surface area contributed by atoms with Crippen LogP contribution in [0.25, 0.3) is 5.69 Å². The van der Waals surface area contributed by atoms with Gasteiger partial charge in [0.15, 0.2) is 0 Å². The summed E-state index contributed by atoms with van der Waals surface area (Å²) in [6, 6.07) is 21.5. The van der Waals surface area contributed by atoms with Gasteiger partial charge in [0.05, 0.1) is 6.20 Å². The van der Waals surface area contributed by atoms with Crippen LogP contribution >= 0.6 is 0 Å². The molecule has 0 radical (unpaired) electrons. The molecule has 0 aliphatic heterocycles. The van der Waals surface area contributed by atoms with E-state index in [-0.39, 0.29) is 21.1 Å². The van der Waals surface area contributed by atoms with Crippen LogP contribution in [0.3, 0.4) is 0 Å². The van der Waals surface area contributed by atoms with Gasteiger partial charge in [0.1, 0.15) is 0 Å². The molecule has 104 valence electrons. The van der Waals surface area contributed by atoms with E-state index in [1.54, 1.807) is 0 Å². The summed E-state index contributed by atoms with van der Waals surface area (Å²) in [7, 11) is 0. The van der Waals surface area contributed by atoms with E-state index in [4.69, 9.17) is 0 Å². The van der Waals surface area contributed by atoms with Crippen LogP contribution in [0.1, 0.15) is 24.0 Å². The van der Waals surface area contributed by atoms with Crippen molar-refractivity contribution in [2.75, 3.05) is 0 Å². The van der Waals surface area contributed by atoms with Gasteiger partial charge in [0, 0.05) is 33.2 Å². The predicted molar refractivity (Wildman–Crippen MR) is 76.4 cm³/mol. The van der Waals surface area contributed by atoms with Gasteiger partial charge >= 0.3 is 0 Å². The molecule has 0 amide bonds. The summed E-state index contributed by atoms with van der Waals surface area (Å²) in [5.41, 5.74) is 3.48. The summed E-state index contributed by atoms with van der Waals surface area (Å²) in [5, 5.41) is 4.42. The molecule has 1 heterocycles. The van der Waals surface area contributed by atoms with Gasteiger partial charge in [0.2, 0.25) is 0 Å². The molecule has 20 heavy (non-hydrogen) atoms. The minimum absolute atomic E-state index is 0. The van der Waals surface area contributed by atoms with E-state index in [1.165, 1.54) is 11.1 Å². The van der Waals surface area contributed by atoms with Crippen LogP contribution in [0.5, 0.6) is 0 Å². The summed E-state index contributed by atoms with van der Waals surface area (Å²) in [6.45, 7) is 2.20. The van der Waals surface area contributed by atoms with Crippen LogP contribution in [0, 0.1) is 6.07 Å². The predicted octanol–water partition coefficient (Wildman–Crippen LogP) is 3.82. The number of nitrogens with zero attached hydrogens (tertiary/aromatic N) is 2. The molecule has 3 heteroatoms. The fourth-order valence-electron chi connectivity index (χ4n) is 2.15. The maximum absolute atomic E-state index is 4.42. The Labute approximate surface area is 133 Å². The minimum atomic E-state index is 0. The van der Waals surface area contributed by atoms with Gasteiger partial charge in [-0.05, 0) is 16.8 Å². The Morgan fingerprint density at radius 1 is 1.00 bits per heavy atom. The van der Waals surface area contributed by atoms with Gasteiger partial charge < -0.3 is 0 Å². The van der Waals surface area contributed by atoms with Crippen molar-refractivity contribution in [2.24, 2.45) is 0 Å². The van der Waals surface area contributed by atoms with Gasteiger partial charge in [-0.3, -0.25) is 4.68 Å². The molecule has 0 saturated carbocycles. The van der Waals surface area contributed by atoms with E-state index < -0.39 is 0 Å². The topological polar surface area (TPSA) is 17.8 Å². The number of benzene rings is 2. The third-order valence-corrected chi connectivity index (χ3v) is 3.34. The molecule has 0 N–H and O–H groups in total. The SMILES string of the molecule is CC(c1ccccc1)c1cnn(-c2[c-]cccc2)c1.[Pt]. The van der Waals surface area contributed by atoms with E-state index in [1.807, 2.05) is 41.2 Å². The van der Waals surface area contributed by atoms with Crippen LogP contribution in [0.2, 0.25) is 0 Å². The Bertz CT molecular complexity index is 647. The average Bonchev–Trinajstić information content (AvgIpc) is 2.98. The Hall–Kier alpha value is -1.66. The van der Waals surface area contributed by atoms with Crippen LogP contribution < -0.4 is 0 Å². The van der Waals surface area contributed by atoms with Gasteiger partial charge in [-0.2, -0.15) is 29.4 Å². The van der Waals surface area contributed by atoms with Gasteiger partial charge in [0.25, 0.3) is 0 Å². The van der Waals surface area contributed by atoms with Crippen LogP contribution in [0.4, 0.5) is 0 Å². The van der Waals surface area contributed by atoms with E-state index in [0.717, 1.165) is 5.69 Å². The Morgan fingerprint density at radius 2 is 1.75 bits per heavy atom. The van der Waals surface area contributed by atoms with Crippen LogP contribution in [0.15, 0.2) is 67.0 Å². The average molecular weight is 442 g/mol. The molecule has 0 aliphatic rings. The standard InChI is InChI=1S/C17H15N2.Pt/c1-14(15-8-4-2-5-9-15)16-12-18-19(13-16)17-10-6-3-7-11-17;/h2-10,12-14H,1H3;/q-1;. The first-order chi connectivity index (χ1) is 9.34. The minimum Gasteiger partial charge on any atom is -0.265 e. The van der Waals surface area contributed by atoms with E-state index >= 15 is 0 Å². The molecular weight excluding hydrogens is 427 g/mol. The molecule has 2 aromatic carbocycles. The molecule has 1 unspecified atom stereocenters. The second-order valence-corrected chi connectivity index (χ2v) is 4.60. The molecular formula is C17H15N2Pt-. The molecule has 0 spiro atoms. The third kappa shape index (κ3) is 3.08. The Kier molecular flexibility index (Phi) is 4.92. The summed E-state index contributed by atoms with van der Waals surface area (Å²) in [5.74, 6) is 0.346. The van der Waals surface area contributed by atoms with Crippen molar-refractivity contribution in [2.45, 2.75) is 12.8 Å². The van der Waals surface area contributed by atoms with Crippen molar-refractivity contribution < 1.29 is 21.1 Å². The molecule has 3 rings (SSSR count). The molecule has 0 aliphatic carbocycles. The summed E-state index contributed by atoms with van der Waals surface area (Å²) in [4.78, 5) is 0. The molecule has 2 nitrogen and oxygen atoms in total. The van der Waals surface area contributed by atoms with Gasteiger partial charge in [-0.1, -0.05) is 37.3 Å². The van der Waals surface area contributed by atoms with E-state index in [9.17, 15) is 0 Å². The zero-order chi connectivity index (χ0) is 13.1. The summed E-state index contributed by atoms with van der Waals surface area (Å²) >= 11 is 0. The maximum Gasteiger partial charge on any atom is 0.0531 e. The molecule has 1 aromatic heterocycles. The zero-order valence-electron chi connectivity index (χ0n) is 11.1. The Balaban J connectivity index is 0.00000147. The first kappa shape index (κ1) is 14.7. The van der Waals surface area contributed by atoms with Crippen molar-refractivity contribution in [3.63, 3.8) is 0 Å². The largest absolute Gasteiger partial charge is 0.265 e. The van der Waals surface area contributed by atoms with Gasteiger partial charge in [-0.25, -0.2) is 0 Å². The van der Waals surface area contributed by atoms with Crippen molar-refractivity contribution in [1.82, 2.24) is 9.78 Å². The molecule has 0 bridgehead atoms. The zero-order valence-corrected chi connectivity index (χ0v) is 13.4. The van der Waals surface area contributed by atoms with E-state index in [2.05, 4.69) is 48.6 Å². The van der Waals surface area contributed by atoms with Crippen molar-refractivity contribution in [3.05, 3.63) is 84.2 Å². The third-order valence-electron chi connectivity index (χ3n) is 3.34. The number of rotatable bonds is 3. The number of aromatic nitrogens is 2. The molecule has 0 saturated heterocycles. The monoisotopic (exact) mass is 442 g/mol. The number of hydrogen-bond donors (Lipinski definition) is 0. The van der Waals surface area contributed by atoms with Crippen molar-refractivity contribution >= 4 is 0 Å². The van der Waals surface area contributed by atoms with Crippen molar-refractivity contribution in [3.8, 4) is 5.69 Å². The fourth-order valence-corrected chi connectivity index (χ4v) is 2.15. The number of para-hydroxylation sites is 1. The second kappa shape index (κ2) is 6.67.